The fourth-order valence-corrected chi connectivity index (χ4v) is 0.755. The molecule has 13 heavy (non-hydrogen) atoms. The molecule has 1 rings (SSSR count). The van der Waals surface area contributed by atoms with Crippen LogP contribution in [0.15, 0.2) is 12.4 Å². The van der Waals surface area contributed by atoms with Crippen molar-refractivity contribution in [3.8, 4) is 6.01 Å². The minimum Gasteiger partial charge on any atom is -0.467 e. The second-order valence-electron chi connectivity index (χ2n) is 2.08. The third-order valence-corrected chi connectivity index (χ3v) is 1.68. The van der Waals surface area contributed by atoms with Gasteiger partial charge in [-0.25, -0.2) is 19.1 Å². The summed E-state index contributed by atoms with van der Waals surface area (Å²) in [5, 5.41) is 0. The van der Waals surface area contributed by atoms with Crippen LogP contribution in [0.25, 0.3) is 0 Å². The number of amides is 2. The fourth-order valence-electron chi connectivity index (χ4n) is 0.651. The molecule has 0 unspecified atom stereocenters. The van der Waals surface area contributed by atoms with E-state index in [1.54, 1.807) is 0 Å². The first kappa shape index (κ1) is 9.59. The highest BCUT2D eigenvalue weighted by atomic mass is 32.1. The van der Waals surface area contributed by atoms with E-state index in [1.165, 1.54) is 19.5 Å². The fraction of sp³-hybridized carbons (Fsp3) is 0.167. The smallest absolute Gasteiger partial charge is 0.329 e. The normalized spacial score (nSPS) is 9.38. The van der Waals surface area contributed by atoms with Crippen molar-refractivity contribution in [3.63, 3.8) is 0 Å². The lowest BCUT2D eigenvalue weighted by molar-refractivity contribution is 0.257. The summed E-state index contributed by atoms with van der Waals surface area (Å²) in [6.07, 6.45) is 2.76. The third kappa shape index (κ3) is 2.22. The summed E-state index contributed by atoms with van der Waals surface area (Å²) in [6, 6.07) is -0.480. The van der Waals surface area contributed by atoms with Crippen LogP contribution in [0, 0.1) is 0 Å². The number of aromatic nitrogens is 2. The predicted molar refractivity (Wildman–Crippen MR) is 49.6 cm³/mol. The van der Waals surface area contributed by atoms with Gasteiger partial charge in [0.1, 0.15) is 0 Å². The third-order valence-electron chi connectivity index (χ3n) is 1.25. The zero-order valence-electron chi connectivity index (χ0n) is 6.84. The highest BCUT2D eigenvalue weighted by Crippen LogP contribution is 2.14. The SMILES string of the molecule is COc1ncc(N(S)C(N)=O)cn1. The highest BCUT2D eigenvalue weighted by molar-refractivity contribution is 7.82. The van der Waals surface area contributed by atoms with E-state index >= 15 is 0 Å². The number of carbonyl (C=O) groups excluding carboxylic acids is 1. The van der Waals surface area contributed by atoms with Crippen molar-refractivity contribution in [2.24, 2.45) is 5.73 Å². The van der Waals surface area contributed by atoms with Gasteiger partial charge in [-0.05, 0) is 0 Å². The van der Waals surface area contributed by atoms with Gasteiger partial charge in [0.25, 0.3) is 0 Å². The first-order chi connectivity index (χ1) is 6.15. The molecule has 0 saturated heterocycles. The Morgan fingerprint density at radius 1 is 1.62 bits per heavy atom. The lowest BCUT2D eigenvalue weighted by Gasteiger charge is -2.10. The number of hydrogen-bond acceptors (Lipinski definition) is 5. The predicted octanol–water partition coefficient (Wildman–Crippen LogP) is 0.215. The topological polar surface area (TPSA) is 81.3 Å². The summed E-state index contributed by atoms with van der Waals surface area (Å²) >= 11 is 3.82. The van der Waals surface area contributed by atoms with Crippen molar-refractivity contribution in [2.45, 2.75) is 0 Å². The standard InChI is InChI=1S/C6H8N4O2S/c1-12-6-8-2-4(3-9-6)10(13)5(7)11/h2-3,13H,1H3,(H2,7,11). The second-order valence-corrected chi connectivity index (χ2v) is 2.48. The van der Waals surface area contributed by atoms with E-state index < -0.39 is 6.03 Å². The number of thiol groups is 1. The van der Waals surface area contributed by atoms with Crippen molar-refractivity contribution in [3.05, 3.63) is 12.4 Å². The average molecular weight is 200 g/mol. The Balaban J connectivity index is 2.85. The number of primary amides is 1. The molecule has 6 nitrogen and oxygen atoms in total. The van der Waals surface area contributed by atoms with Crippen molar-refractivity contribution < 1.29 is 9.53 Å². The Hall–Kier alpha value is -1.50. The van der Waals surface area contributed by atoms with Gasteiger partial charge in [0.05, 0.1) is 25.2 Å². The maximum absolute atomic E-state index is 10.6. The highest BCUT2D eigenvalue weighted by Gasteiger charge is 2.08. The Kier molecular flexibility index (Phi) is 2.91. The molecular formula is C6H8N4O2S. The van der Waals surface area contributed by atoms with Crippen LogP contribution < -0.4 is 14.8 Å². The molecule has 0 aliphatic carbocycles. The van der Waals surface area contributed by atoms with Crippen molar-refractivity contribution >= 4 is 24.5 Å². The maximum Gasteiger partial charge on any atom is 0.329 e. The number of urea groups is 1. The Morgan fingerprint density at radius 2 is 2.15 bits per heavy atom. The van der Waals surface area contributed by atoms with E-state index in [4.69, 9.17) is 10.5 Å². The molecule has 0 aliphatic rings. The maximum atomic E-state index is 10.6. The molecular weight excluding hydrogens is 192 g/mol. The van der Waals surface area contributed by atoms with Gasteiger partial charge in [0.2, 0.25) is 0 Å². The van der Waals surface area contributed by atoms with E-state index in [0.717, 1.165) is 4.31 Å². The monoisotopic (exact) mass is 200 g/mol. The molecule has 0 atom stereocenters. The van der Waals surface area contributed by atoms with Crippen molar-refractivity contribution in [2.75, 3.05) is 11.4 Å². The van der Waals surface area contributed by atoms with Crippen LogP contribution in [0.4, 0.5) is 10.5 Å². The van der Waals surface area contributed by atoms with Gasteiger partial charge < -0.3 is 10.5 Å². The molecule has 0 saturated carbocycles. The van der Waals surface area contributed by atoms with Crippen molar-refractivity contribution in [1.82, 2.24) is 9.97 Å². The van der Waals surface area contributed by atoms with Crippen molar-refractivity contribution in [1.29, 1.82) is 0 Å². The molecule has 0 aromatic carbocycles. The number of methoxy groups -OCH3 is 1. The summed E-state index contributed by atoms with van der Waals surface area (Å²) in [4.78, 5) is 18.2. The zero-order valence-corrected chi connectivity index (χ0v) is 7.73. The Labute approximate surface area is 80.3 Å². The van der Waals surface area contributed by atoms with Gasteiger partial charge >= 0.3 is 12.0 Å². The van der Waals surface area contributed by atoms with E-state index in [-0.39, 0.29) is 6.01 Å². The van der Waals surface area contributed by atoms with E-state index in [1.807, 2.05) is 0 Å². The molecule has 0 radical (unpaired) electrons. The Morgan fingerprint density at radius 3 is 2.54 bits per heavy atom. The quantitative estimate of drug-likeness (QED) is 0.669. The summed E-state index contributed by atoms with van der Waals surface area (Å²) in [7, 11) is 1.45. The minimum absolute atomic E-state index is 0.218. The molecule has 1 aromatic heterocycles. The average Bonchev–Trinajstić information content (AvgIpc) is 2.17. The van der Waals surface area contributed by atoms with Crippen LogP contribution in [-0.4, -0.2) is 23.1 Å². The van der Waals surface area contributed by atoms with Gasteiger partial charge in [-0.3, -0.25) is 0 Å². The van der Waals surface area contributed by atoms with Gasteiger partial charge in [-0.2, -0.15) is 0 Å². The molecule has 0 spiro atoms. The largest absolute Gasteiger partial charge is 0.467 e. The second kappa shape index (κ2) is 3.94. The molecule has 0 aliphatic heterocycles. The van der Waals surface area contributed by atoms with Gasteiger partial charge in [-0.1, -0.05) is 12.8 Å². The molecule has 2 N–H and O–H groups in total. The molecule has 0 fully saturated rings. The first-order valence-corrected chi connectivity index (χ1v) is 3.69. The number of hydrogen-bond donors (Lipinski definition) is 2. The van der Waals surface area contributed by atoms with Crippen LogP contribution in [0.3, 0.4) is 0 Å². The lowest BCUT2D eigenvalue weighted by Crippen LogP contribution is -2.27. The van der Waals surface area contributed by atoms with Crippen LogP contribution >= 0.6 is 12.8 Å². The van der Waals surface area contributed by atoms with Gasteiger partial charge in [0, 0.05) is 0 Å². The van der Waals surface area contributed by atoms with Crippen LogP contribution in [-0.2, 0) is 0 Å². The number of nitrogens with two attached hydrogens (primary N) is 1. The number of carbonyl (C=O) groups is 1. The molecule has 7 heteroatoms. The minimum atomic E-state index is -0.697. The van der Waals surface area contributed by atoms with E-state index in [0.29, 0.717) is 5.69 Å². The first-order valence-electron chi connectivity index (χ1n) is 3.29. The van der Waals surface area contributed by atoms with Crippen LogP contribution in [0.1, 0.15) is 0 Å². The summed E-state index contributed by atoms with van der Waals surface area (Å²) in [5.41, 5.74) is 5.35. The van der Waals surface area contributed by atoms with E-state index in [9.17, 15) is 4.79 Å². The van der Waals surface area contributed by atoms with Crippen LogP contribution in [0.2, 0.25) is 0 Å². The summed E-state index contributed by atoms with van der Waals surface area (Å²) in [6.45, 7) is 0. The molecule has 1 aromatic rings. The summed E-state index contributed by atoms with van der Waals surface area (Å²) in [5.74, 6) is 0. The molecule has 1 heterocycles. The zero-order chi connectivity index (χ0) is 9.84. The van der Waals surface area contributed by atoms with Gasteiger partial charge in [-0.15, -0.1) is 0 Å². The van der Waals surface area contributed by atoms with E-state index in [2.05, 4.69) is 22.8 Å². The molecule has 70 valence electrons. The number of rotatable bonds is 2. The lowest BCUT2D eigenvalue weighted by atomic mass is 10.5. The number of anilines is 1. The molecule has 2 amide bonds. The van der Waals surface area contributed by atoms with Crippen LogP contribution in [0.5, 0.6) is 6.01 Å². The number of ether oxygens (including phenoxy) is 1. The van der Waals surface area contributed by atoms with Gasteiger partial charge in [0.15, 0.2) is 0 Å². The Bertz CT molecular complexity index is 302. The number of nitrogens with zero attached hydrogens (tertiary/aromatic N) is 3. The summed E-state index contributed by atoms with van der Waals surface area (Å²) < 4.78 is 5.66. The molecule has 0 bridgehead atoms.